The van der Waals surface area contributed by atoms with Crippen molar-refractivity contribution in [2.75, 3.05) is 13.6 Å². The fraction of sp³-hybridized carbons (Fsp3) is 0.933. The fourth-order valence-electron chi connectivity index (χ4n) is 3.16. The standard InChI is InChI=1S/C15H31N3O/c1-12(2)17-15(3,14(16)19)11-18(4)13-9-7-5-6-8-10-13/h12-13,17H,5-11H2,1-4H3,(H2,16,19). The van der Waals surface area contributed by atoms with Crippen LogP contribution in [0.3, 0.4) is 0 Å². The van der Waals surface area contributed by atoms with Crippen molar-refractivity contribution in [3.05, 3.63) is 0 Å². The summed E-state index contributed by atoms with van der Waals surface area (Å²) >= 11 is 0. The van der Waals surface area contributed by atoms with Gasteiger partial charge in [0.25, 0.3) is 0 Å². The van der Waals surface area contributed by atoms with Crippen molar-refractivity contribution < 1.29 is 4.79 Å². The van der Waals surface area contributed by atoms with Crippen LogP contribution in [-0.4, -0.2) is 42.0 Å². The fourth-order valence-corrected chi connectivity index (χ4v) is 3.16. The Morgan fingerprint density at radius 2 is 1.84 bits per heavy atom. The third-order valence-electron chi connectivity index (χ3n) is 4.16. The lowest BCUT2D eigenvalue weighted by atomic mass is 9.97. The maximum absolute atomic E-state index is 11.8. The molecule has 1 aliphatic rings. The van der Waals surface area contributed by atoms with Gasteiger partial charge in [-0.1, -0.05) is 25.7 Å². The maximum atomic E-state index is 11.8. The number of rotatable bonds is 6. The van der Waals surface area contributed by atoms with Gasteiger partial charge in [-0.25, -0.2) is 0 Å². The molecule has 1 aliphatic carbocycles. The number of carbonyl (C=O) groups is 1. The molecule has 1 saturated carbocycles. The largest absolute Gasteiger partial charge is 0.368 e. The Morgan fingerprint density at radius 1 is 1.32 bits per heavy atom. The Morgan fingerprint density at radius 3 is 2.26 bits per heavy atom. The van der Waals surface area contributed by atoms with Crippen LogP contribution in [0.25, 0.3) is 0 Å². The minimum atomic E-state index is -0.644. The molecule has 0 aromatic carbocycles. The minimum absolute atomic E-state index is 0.250. The van der Waals surface area contributed by atoms with E-state index < -0.39 is 5.54 Å². The van der Waals surface area contributed by atoms with E-state index in [-0.39, 0.29) is 11.9 Å². The first-order valence-corrected chi connectivity index (χ1v) is 7.63. The molecule has 112 valence electrons. The molecule has 1 rings (SSSR count). The molecular formula is C15H31N3O. The molecule has 0 saturated heterocycles. The molecule has 0 aromatic rings. The van der Waals surface area contributed by atoms with E-state index in [9.17, 15) is 4.79 Å². The van der Waals surface area contributed by atoms with E-state index in [4.69, 9.17) is 5.73 Å². The van der Waals surface area contributed by atoms with Crippen LogP contribution in [-0.2, 0) is 4.79 Å². The second kappa shape index (κ2) is 7.25. The van der Waals surface area contributed by atoms with Crippen molar-refractivity contribution in [1.29, 1.82) is 0 Å². The summed E-state index contributed by atoms with van der Waals surface area (Å²) in [6.45, 7) is 6.70. The van der Waals surface area contributed by atoms with E-state index in [1.807, 2.05) is 20.8 Å². The van der Waals surface area contributed by atoms with Gasteiger partial charge in [0.05, 0.1) is 0 Å². The molecule has 0 aliphatic heterocycles. The average molecular weight is 269 g/mol. The van der Waals surface area contributed by atoms with E-state index in [0.717, 1.165) is 0 Å². The number of primary amides is 1. The van der Waals surface area contributed by atoms with Crippen LogP contribution in [0.2, 0.25) is 0 Å². The Bertz CT molecular complexity index is 285. The zero-order valence-corrected chi connectivity index (χ0v) is 13.0. The lowest BCUT2D eigenvalue weighted by molar-refractivity contribution is -0.125. The van der Waals surface area contributed by atoms with Crippen LogP contribution < -0.4 is 11.1 Å². The molecule has 0 heterocycles. The van der Waals surface area contributed by atoms with E-state index in [2.05, 4.69) is 17.3 Å². The zero-order valence-electron chi connectivity index (χ0n) is 13.0. The number of nitrogens with two attached hydrogens (primary N) is 1. The van der Waals surface area contributed by atoms with Crippen LogP contribution in [0, 0.1) is 0 Å². The van der Waals surface area contributed by atoms with Gasteiger partial charge >= 0.3 is 0 Å². The van der Waals surface area contributed by atoms with Crippen LogP contribution in [0.15, 0.2) is 0 Å². The molecule has 0 spiro atoms. The summed E-state index contributed by atoms with van der Waals surface area (Å²) in [5, 5.41) is 3.33. The number of nitrogens with zero attached hydrogens (tertiary/aromatic N) is 1. The van der Waals surface area contributed by atoms with Gasteiger partial charge in [-0.15, -0.1) is 0 Å². The summed E-state index contributed by atoms with van der Waals surface area (Å²) < 4.78 is 0. The number of amides is 1. The summed E-state index contributed by atoms with van der Waals surface area (Å²) in [7, 11) is 2.12. The summed E-state index contributed by atoms with van der Waals surface area (Å²) in [4.78, 5) is 14.1. The smallest absolute Gasteiger partial charge is 0.238 e. The van der Waals surface area contributed by atoms with Gasteiger partial charge in [-0.3, -0.25) is 4.79 Å². The second-order valence-corrected chi connectivity index (χ2v) is 6.56. The van der Waals surface area contributed by atoms with Crippen molar-refractivity contribution in [3.8, 4) is 0 Å². The van der Waals surface area contributed by atoms with Gasteiger partial charge in [0, 0.05) is 18.6 Å². The molecule has 4 nitrogen and oxygen atoms in total. The lowest BCUT2D eigenvalue weighted by Gasteiger charge is -2.37. The van der Waals surface area contributed by atoms with Crippen molar-refractivity contribution in [2.45, 2.75) is 76.9 Å². The average Bonchev–Trinajstić information content (AvgIpc) is 2.55. The van der Waals surface area contributed by atoms with Gasteiger partial charge in [-0.05, 0) is 40.7 Å². The number of hydrogen-bond donors (Lipinski definition) is 2. The molecule has 1 amide bonds. The molecule has 19 heavy (non-hydrogen) atoms. The highest BCUT2D eigenvalue weighted by Gasteiger charge is 2.34. The molecule has 1 atom stereocenters. The van der Waals surface area contributed by atoms with Crippen molar-refractivity contribution >= 4 is 5.91 Å². The van der Waals surface area contributed by atoms with Crippen molar-refractivity contribution in [3.63, 3.8) is 0 Å². The normalized spacial score (nSPS) is 21.4. The van der Waals surface area contributed by atoms with Crippen molar-refractivity contribution in [2.24, 2.45) is 5.73 Å². The first-order valence-electron chi connectivity index (χ1n) is 7.63. The predicted molar refractivity (Wildman–Crippen MR) is 80.0 cm³/mol. The number of hydrogen-bond acceptors (Lipinski definition) is 3. The van der Waals surface area contributed by atoms with Crippen LogP contribution in [0.5, 0.6) is 0 Å². The summed E-state index contributed by atoms with van der Waals surface area (Å²) in [5.74, 6) is -0.262. The Labute approximate surface area is 118 Å². The first kappa shape index (κ1) is 16.4. The molecule has 0 bridgehead atoms. The molecule has 1 fully saturated rings. The summed E-state index contributed by atoms with van der Waals surface area (Å²) in [6, 6.07) is 0.843. The third-order valence-corrected chi connectivity index (χ3v) is 4.16. The van der Waals surface area contributed by atoms with Gasteiger partial charge in [0.1, 0.15) is 5.54 Å². The Hall–Kier alpha value is -0.610. The first-order chi connectivity index (χ1) is 8.85. The molecule has 4 heteroatoms. The topological polar surface area (TPSA) is 58.4 Å². The van der Waals surface area contributed by atoms with Gasteiger partial charge in [-0.2, -0.15) is 0 Å². The van der Waals surface area contributed by atoms with E-state index >= 15 is 0 Å². The highest BCUT2D eigenvalue weighted by Crippen LogP contribution is 2.22. The highest BCUT2D eigenvalue weighted by molar-refractivity contribution is 5.84. The Kier molecular flexibility index (Phi) is 6.27. The van der Waals surface area contributed by atoms with Gasteiger partial charge in [0.15, 0.2) is 0 Å². The molecular weight excluding hydrogens is 238 g/mol. The zero-order chi connectivity index (χ0) is 14.5. The SMILES string of the molecule is CC(C)NC(C)(CN(C)C1CCCCCC1)C(N)=O. The van der Waals surface area contributed by atoms with E-state index in [1.54, 1.807) is 0 Å². The summed E-state index contributed by atoms with van der Waals surface area (Å²) in [5.41, 5.74) is 4.96. The van der Waals surface area contributed by atoms with Crippen LogP contribution in [0.4, 0.5) is 0 Å². The second-order valence-electron chi connectivity index (χ2n) is 6.56. The van der Waals surface area contributed by atoms with Gasteiger partial charge in [0.2, 0.25) is 5.91 Å². The molecule has 3 N–H and O–H groups in total. The lowest BCUT2D eigenvalue weighted by Crippen LogP contribution is -2.61. The van der Waals surface area contributed by atoms with E-state index in [1.165, 1.54) is 38.5 Å². The van der Waals surface area contributed by atoms with Crippen LogP contribution >= 0.6 is 0 Å². The number of likely N-dealkylation sites (N-methyl/N-ethyl adjacent to an activating group) is 1. The quantitative estimate of drug-likeness (QED) is 0.724. The number of carbonyl (C=O) groups excluding carboxylic acids is 1. The maximum Gasteiger partial charge on any atom is 0.238 e. The molecule has 0 radical (unpaired) electrons. The number of nitrogens with one attached hydrogen (secondary N) is 1. The summed E-state index contributed by atoms with van der Waals surface area (Å²) in [6.07, 6.45) is 7.79. The van der Waals surface area contributed by atoms with Crippen LogP contribution in [0.1, 0.15) is 59.3 Å². The van der Waals surface area contributed by atoms with Crippen molar-refractivity contribution in [1.82, 2.24) is 10.2 Å². The molecule has 1 unspecified atom stereocenters. The van der Waals surface area contributed by atoms with Gasteiger partial charge < -0.3 is 16.0 Å². The predicted octanol–water partition coefficient (Wildman–Crippen LogP) is 1.88. The minimum Gasteiger partial charge on any atom is -0.368 e. The molecule has 0 aromatic heterocycles. The monoisotopic (exact) mass is 269 g/mol. The highest BCUT2D eigenvalue weighted by atomic mass is 16.1. The van der Waals surface area contributed by atoms with E-state index in [0.29, 0.717) is 12.6 Å². The third kappa shape index (κ3) is 5.11. The Balaban J connectivity index is 2.64.